The molecule has 1 rings (SSSR count). The lowest BCUT2D eigenvalue weighted by molar-refractivity contribution is -0.157. The maximum atomic E-state index is 10.9. The predicted octanol–water partition coefficient (Wildman–Crippen LogP) is -0.0265. The average Bonchev–Trinajstić information content (AvgIpc) is 2.64. The number of aliphatic carboxylic acids is 4. The van der Waals surface area contributed by atoms with Crippen LogP contribution in [0.15, 0.2) is 0 Å². The highest BCUT2D eigenvalue weighted by atomic mass is 16.4. The summed E-state index contributed by atoms with van der Waals surface area (Å²) >= 11 is 0. The Morgan fingerprint density at radius 3 is 1.16 bits per heavy atom. The molecule has 0 aromatic rings. The zero-order valence-electron chi connectivity index (χ0n) is 9.85. The normalized spacial score (nSPS) is 22.6. The lowest BCUT2D eigenvalue weighted by Gasteiger charge is -2.17. The highest BCUT2D eigenvalue weighted by Gasteiger charge is 2.45. The number of hydrogen-bond acceptors (Lipinski definition) is 4. The van der Waals surface area contributed by atoms with Crippen LogP contribution in [-0.4, -0.2) is 44.3 Å². The van der Waals surface area contributed by atoms with Crippen molar-refractivity contribution in [2.45, 2.75) is 19.3 Å². The average molecular weight is 274 g/mol. The first-order valence-electron chi connectivity index (χ1n) is 5.67. The first-order chi connectivity index (χ1) is 8.75. The third-order valence-electron chi connectivity index (χ3n) is 3.52. The van der Waals surface area contributed by atoms with E-state index in [9.17, 15) is 19.2 Å². The summed E-state index contributed by atoms with van der Waals surface area (Å²) < 4.78 is 0. The van der Waals surface area contributed by atoms with E-state index in [1.165, 1.54) is 0 Å². The first kappa shape index (κ1) is 14.9. The molecule has 0 spiro atoms. The topological polar surface area (TPSA) is 149 Å². The third-order valence-corrected chi connectivity index (χ3v) is 3.52. The van der Waals surface area contributed by atoms with E-state index in [1.807, 2.05) is 0 Å². The molecule has 0 radical (unpaired) electrons. The molecular weight excluding hydrogens is 260 g/mol. The van der Waals surface area contributed by atoms with Crippen LogP contribution in [0.5, 0.6) is 0 Å². The van der Waals surface area contributed by atoms with Crippen LogP contribution in [0.1, 0.15) is 19.3 Å². The number of carboxylic acids is 4. The second-order valence-electron chi connectivity index (χ2n) is 4.64. The fourth-order valence-corrected chi connectivity index (χ4v) is 2.68. The van der Waals surface area contributed by atoms with E-state index >= 15 is 0 Å². The van der Waals surface area contributed by atoms with Crippen molar-refractivity contribution in [2.75, 3.05) is 0 Å². The largest absolute Gasteiger partial charge is 0.481 e. The number of rotatable bonds is 6. The van der Waals surface area contributed by atoms with E-state index in [0.717, 1.165) is 0 Å². The molecule has 1 fully saturated rings. The number of hydrogen-bond donors (Lipinski definition) is 4. The second-order valence-corrected chi connectivity index (χ2v) is 4.64. The molecule has 8 heteroatoms. The standard InChI is InChI=1S/C11H14O8/c12-8(13)6(9(14)15)4-1-2-5(3-4)7(10(16)17)11(18)19/h4-7H,1-3H2,(H,12,13)(H,14,15)(H,16,17)(H,18,19). The molecular formula is C11H14O8. The van der Waals surface area contributed by atoms with Gasteiger partial charge in [0.25, 0.3) is 0 Å². The van der Waals surface area contributed by atoms with E-state index in [-0.39, 0.29) is 19.3 Å². The molecule has 0 saturated heterocycles. The van der Waals surface area contributed by atoms with Crippen molar-refractivity contribution in [3.8, 4) is 0 Å². The Morgan fingerprint density at radius 1 is 0.684 bits per heavy atom. The van der Waals surface area contributed by atoms with Crippen LogP contribution in [0.2, 0.25) is 0 Å². The van der Waals surface area contributed by atoms with Crippen LogP contribution in [0.3, 0.4) is 0 Å². The molecule has 19 heavy (non-hydrogen) atoms. The fourth-order valence-electron chi connectivity index (χ4n) is 2.68. The van der Waals surface area contributed by atoms with E-state index in [2.05, 4.69) is 0 Å². The summed E-state index contributed by atoms with van der Waals surface area (Å²) in [7, 11) is 0. The van der Waals surface area contributed by atoms with Gasteiger partial charge in [0.1, 0.15) is 0 Å². The predicted molar refractivity (Wildman–Crippen MR) is 58.4 cm³/mol. The van der Waals surface area contributed by atoms with Gasteiger partial charge in [-0.1, -0.05) is 0 Å². The molecule has 0 amide bonds. The van der Waals surface area contributed by atoms with Crippen LogP contribution in [0.4, 0.5) is 0 Å². The molecule has 2 atom stereocenters. The smallest absolute Gasteiger partial charge is 0.318 e. The minimum absolute atomic E-state index is 0.0213. The Balaban J connectivity index is 2.82. The Hall–Kier alpha value is -2.12. The fraction of sp³-hybridized carbons (Fsp3) is 0.636. The molecule has 8 nitrogen and oxygen atoms in total. The SMILES string of the molecule is O=C(O)C(C(=O)O)C1CCC(C(C(=O)O)C(=O)O)C1. The van der Waals surface area contributed by atoms with Crippen molar-refractivity contribution in [1.82, 2.24) is 0 Å². The van der Waals surface area contributed by atoms with E-state index in [0.29, 0.717) is 0 Å². The maximum Gasteiger partial charge on any atom is 0.318 e. The Kier molecular flexibility index (Phi) is 4.47. The van der Waals surface area contributed by atoms with Gasteiger partial charge in [-0.25, -0.2) is 0 Å². The summed E-state index contributed by atoms with van der Waals surface area (Å²) in [6, 6.07) is 0. The third kappa shape index (κ3) is 3.21. The van der Waals surface area contributed by atoms with E-state index < -0.39 is 47.5 Å². The summed E-state index contributed by atoms with van der Waals surface area (Å²) in [5.74, 6) is -10.6. The molecule has 0 aromatic carbocycles. The number of carbonyl (C=O) groups is 4. The van der Waals surface area contributed by atoms with Gasteiger partial charge >= 0.3 is 23.9 Å². The van der Waals surface area contributed by atoms with Gasteiger partial charge in [0.15, 0.2) is 11.8 Å². The molecule has 4 N–H and O–H groups in total. The quantitative estimate of drug-likeness (QED) is 0.493. The van der Waals surface area contributed by atoms with Gasteiger partial charge in [-0.2, -0.15) is 0 Å². The molecule has 1 aliphatic rings. The van der Waals surface area contributed by atoms with Crippen LogP contribution in [0.25, 0.3) is 0 Å². The van der Waals surface area contributed by atoms with Gasteiger partial charge < -0.3 is 20.4 Å². The summed E-state index contributed by atoms with van der Waals surface area (Å²) in [6.07, 6.45) is 0.378. The van der Waals surface area contributed by atoms with Gasteiger partial charge in [0.2, 0.25) is 0 Å². The molecule has 106 valence electrons. The molecule has 0 bridgehead atoms. The van der Waals surface area contributed by atoms with Crippen molar-refractivity contribution in [1.29, 1.82) is 0 Å². The molecule has 1 aliphatic carbocycles. The van der Waals surface area contributed by atoms with Crippen LogP contribution >= 0.6 is 0 Å². The van der Waals surface area contributed by atoms with Gasteiger partial charge in [0.05, 0.1) is 0 Å². The Bertz CT molecular complexity index is 349. The minimum Gasteiger partial charge on any atom is -0.481 e. The maximum absolute atomic E-state index is 10.9. The summed E-state index contributed by atoms with van der Waals surface area (Å²) in [5, 5.41) is 35.3. The first-order valence-corrected chi connectivity index (χ1v) is 5.67. The lowest BCUT2D eigenvalue weighted by atomic mass is 9.86. The van der Waals surface area contributed by atoms with Gasteiger partial charge in [-0.15, -0.1) is 0 Å². The Morgan fingerprint density at radius 2 is 0.947 bits per heavy atom. The van der Waals surface area contributed by atoms with E-state index in [4.69, 9.17) is 20.4 Å². The van der Waals surface area contributed by atoms with Crippen LogP contribution < -0.4 is 0 Å². The summed E-state index contributed by atoms with van der Waals surface area (Å²) in [4.78, 5) is 43.4. The summed E-state index contributed by atoms with van der Waals surface area (Å²) in [6.45, 7) is 0. The van der Waals surface area contributed by atoms with Gasteiger partial charge in [-0.3, -0.25) is 19.2 Å². The van der Waals surface area contributed by atoms with Crippen LogP contribution in [-0.2, 0) is 19.2 Å². The Labute approximate surface area is 107 Å². The second kappa shape index (κ2) is 5.68. The monoisotopic (exact) mass is 274 g/mol. The van der Waals surface area contributed by atoms with Crippen molar-refractivity contribution < 1.29 is 39.6 Å². The summed E-state index contributed by atoms with van der Waals surface area (Å²) in [5.41, 5.74) is 0. The highest BCUT2D eigenvalue weighted by Crippen LogP contribution is 2.40. The zero-order valence-corrected chi connectivity index (χ0v) is 9.85. The lowest BCUT2D eigenvalue weighted by Crippen LogP contribution is -2.32. The molecule has 0 heterocycles. The van der Waals surface area contributed by atoms with Crippen LogP contribution in [0, 0.1) is 23.7 Å². The molecule has 0 aliphatic heterocycles. The van der Waals surface area contributed by atoms with Crippen molar-refractivity contribution in [3.63, 3.8) is 0 Å². The molecule has 0 aromatic heterocycles. The minimum atomic E-state index is -1.62. The number of carboxylic acid groups (broad SMARTS) is 4. The van der Waals surface area contributed by atoms with E-state index in [1.54, 1.807) is 0 Å². The zero-order chi connectivity index (χ0) is 14.7. The highest BCUT2D eigenvalue weighted by molar-refractivity contribution is 5.94. The van der Waals surface area contributed by atoms with Crippen molar-refractivity contribution in [3.05, 3.63) is 0 Å². The molecule has 2 unspecified atom stereocenters. The van der Waals surface area contributed by atoms with Gasteiger partial charge in [-0.05, 0) is 31.1 Å². The van der Waals surface area contributed by atoms with Crippen molar-refractivity contribution >= 4 is 23.9 Å². The molecule has 1 saturated carbocycles. The van der Waals surface area contributed by atoms with Gasteiger partial charge in [0, 0.05) is 0 Å². The van der Waals surface area contributed by atoms with Crippen molar-refractivity contribution in [2.24, 2.45) is 23.7 Å².